The molecule has 1 saturated heterocycles. The Bertz CT molecular complexity index is 229. The van der Waals surface area contributed by atoms with Gasteiger partial charge in [-0.2, -0.15) is 0 Å². The maximum Gasteiger partial charge on any atom is 0.332 e. The largest absolute Gasteiger partial charge is 0.478 e. The Morgan fingerprint density at radius 1 is 1.64 bits per heavy atom. The van der Waals surface area contributed by atoms with Crippen LogP contribution in [0.15, 0.2) is 12.2 Å². The van der Waals surface area contributed by atoms with Gasteiger partial charge in [0.1, 0.15) is 0 Å². The zero-order valence-electron chi connectivity index (χ0n) is 7.98. The summed E-state index contributed by atoms with van der Waals surface area (Å²) in [6.45, 7) is 5.52. The van der Waals surface area contributed by atoms with Gasteiger partial charge in [-0.15, -0.1) is 0 Å². The highest BCUT2D eigenvalue weighted by molar-refractivity contribution is 5.86. The highest BCUT2D eigenvalue weighted by Crippen LogP contribution is 2.06. The topological polar surface area (TPSA) is 70.0 Å². The van der Waals surface area contributed by atoms with Crippen molar-refractivity contribution in [3.63, 3.8) is 0 Å². The van der Waals surface area contributed by atoms with Crippen LogP contribution in [0.2, 0.25) is 0 Å². The molecule has 1 atom stereocenters. The quantitative estimate of drug-likeness (QED) is 0.590. The fourth-order valence-electron chi connectivity index (χ4n) is 1.37. The van der Waals surface area contributed by atoms with Crippen molar-refractivity contribution >= 4 is 5.97 Å². The van der Waals surface area contributed by atoms with Gasteiger partial charge in [0.2, 0.25) is 0 Å². The average molecular weight is 201 g/mol. The molecule has 0 amide bonds. The number of carboxylic acid groups (broad SMARTS) is 1. The third-order valence-electron chi connectivity index (χ3n) is 2.14. The summed E-state index contributed by atoms with van der Waals surface area (Å²) in [5.74, 6) is -0.975. The van der Waals surface area contributed by atoms with E-state index in [2.05, 4.69) is 6.58 Å². The van der Waals surface area contributed by atoms with Crippen LogP contribution in [0.25, 0.3) is 0 Å². The lowest BCUT2D eigenvalue weighted by atomic mass is 10.2. The number of hydrogen-bond donors (Lipinski definition) is 2. The van der Waals surface area contributed by atoms with Crippen molar-refractivity contribution in [3.8, 4) is 0 Å². The van der Waals surface area contributed by atoms with E-state index < -0.39 is 5.97 Å². The molecule has 1 fully saturated rings. The second-order valence-electron chi connectivity index (χ2n) is 3.32. The number of aliphatic hydroxyl groups excluding tert-OH is 1. The van der Waals surface area contributed by atoms with Gasteiger partial charge in [0.15, 0.2) is 0 Å². The lowest BCUT2D eigenvalue weighted by Crippen LogP contribution is -2.45. The highest BCUT2D eigenvalue weighted by atomic mass is 16.5. The molecule has 1 unspecified atom stereocenters. The number of rotatable bonds is 4. The molecule has 14 heavy (non-hydrogen) atoms. The van der Waals surface area contributed by atoms with E-state index in [9.17, 15) is 4.79 Å². The Morgan fingerprint density at radius 3 is 2.93 bits per heavy atom. The van der Waals surface area contributed by atoms with Crippen molar-refractivity contribution in [2.75, 3.05) is 32.8 Å². The molecule has 0 aliphatic carbocycles. The van der Waals surface area contributed by atoms with E-state index in [1.54, 1.807) is 0 Å². The number of nitrogens with zero attached hydrogens (tertiary/aromatic N) is 1. The number of carboxylic acids is 1. The number of aliphatic hydroxyl groups is 1. The number of hydrogen-bond acceptors (Lipinski definition) is 4. The van der Waals surface area contributed by atoms with Crippen molar-refractivity contribution in [2.24, 2.45) is 0 Å². The molecule has 0 spiro atoms. The van der Waals surface area contributed by atoms with Crippen molar-refractivity contribution in [1.29, 1.82) is 0 Å². The first-order valence-electron chi connectivity index (χ1n) is 4.49. The van der Waals surface area contributed by atoms with Gasteiger partial charge >= 0.3 is 5.97 Å². The van der Waals surface area contributed by atoms with Crippen LogP contribution in [-0.2, 0) is 9.53 Å². The SMILES string of the molecule is C=C(CN1CCOC(CO)C1)C(=O)O. The predicted molar refractivity (Wildman–Crippen MR) is 50.0 cm³/mol. The van der Waals surface area contributed by atoms with E-state index in [1.807, 2.05) is 4.90 Å². The molecular formula is C9H15NO4. The molecule has 5 heteroatoms. The van der Waals surface area contributed by atoms with Crippen molar-refractivity contribution in [3.05, 3.63) is 12.2 Å². The number of carbonyl (C=O) groups is 1. The molecule has 1 rings (SSSR count). The van der Waals surface area contributed by atoms with Crippen molar-refractivity contribution in [1.82, 2.24) is 4.90 Å². The summed E-state index contributed by atoms with van der Waals surface area (Å²) in [4.78, 5) is 12.4. The summed E-state index contributed by atoms with van der Waals surface area (Å²) in [5, 5.41) is 17.5. The fraction of sp³-hybridized carbons (Fsp3) is 0.667. The number of ether oxygens (including phenoxy) is 1. The summed E-state index contributed by atoms with van der Waals surface area (Å²) in [6, 6.07) is 0. The molecular weight excluding hydrogens is 186 g/mol. The van der Waals surface area contributed by atoms with Crippen molar-refractivity contribution in [2.45, 2.75) is 6.10 Å². The van der Waals surface area contributed by atoms with Gasteiger partial charge in [-0.1, -0.05) is 6.58 Å². The highest BCUT2D eigenvalue weighted by Gasteiger charge is 2.21. The van der Waals surface area contributed by atoms with E-state index >= 15 is 0 Å². The van der Waals surface area contributed by atoms with Gasteiger partial charge in [0, 0.05) is 25.2 Å². The standard InChI is InChI=1S/C9H15NO4/c1-7(9(12)13)4-10-2-3-14-8(5-10)6-11/h8,11H,1-6H2,(H,12,13). The van der Waals surface area contributed by atoms with Crippen LogP contribution in [0.3, 0.4) is 0 Å². The summed E-state index contributed by atoms with van der Waals surface area (Å²) in [7, 11) is 0. The van der Waals surface area contributed by atoms with Gasteiger partial charge in [-0.05, 0) is 0 Å². The predicted octanol–water partition coefficient (Wildman–Crippen LogP) is -0.680. The second kappa shape index (κ2) is 5.09. The van der Waals surface area contributed by atoms with Crippen molar-refractivity contribution < 1.29 is 19.7 Å². The first-order valence-corrected chi connectivity index (χ1v) is 4.49. The molecule has 2 N–H and O–H groups in total. The molecule has 1 heterocycles. The monoisotopic (exact) mass is 201 g/mol. The van der Waals surface area contributed by atoms with Gasteiger partial charge in [0.05, 0.1) is 19.3 Å². The zero-order chi connectivity index (χ0) is 10.6. The minimum Gasteiger partial charge on any atom is -0.478 e. The summed E-state index contributed by atoms with van der Waals surface area (Å²) >= 11 is 0. The van der Waals surface area contributed by atoms with Crippen LogP contribution in [0.1, 0.15) is 0 Å². The number of morpholine rings is 1. The first kappa shape index (κ1) is 11.2. The van der Waals surface area contributed by atoms with Gasteiger partial charge in [-0.25, -0.2) is 4.79 Å². The molecule has 0 aromatic carbocycles. The lowest BCUT2D eigenvalue weighted by Gasteiger charge is -2.31. The third kappa shape index (κ3) is 3.10. The smallest absolute Gasteiger partial charge is 0.332 e. The average Bonchev–Trinajstić information content (AvgIpc) is 2.18. The van der Waals surface area contributed by atoms with E-state index in [-0.39, 0.29) is 18.3 Å². The van der Waals surface area contributed by atoms with Crippen LogP contribution in [-0.4, -0.2) is 60.0 Å². The third-order valence-corrected chi connectivity index (χ3v) is 2.14. The molecule has 0 aromatic rings. The first-order chi connectivity index (χ1) is 6.63. The fourth-order valence-corrected chi connectivity index (χ4v) is 1.37. The minimum absolute atomic E-state index is 0.0317. The normalized spacial score (nSPS) is 23.4. The Labute approximate surface area is 82.6 Å². The Kier molecular flexibility index (Phi) is 4.06. The van der Waals surface area contributed by atoms with Crippen LogP contribution >= 0.6 is 0 Å². The Balaban J connectivity index is 2.37. The van der Waals surface area contributed by atoms with E-state index in [0.717, 1.165) is 0 Å². The summed E-state index contributed by atoms with van der Waals surface area (Å²) in [6.07, 6.45) is -0.203. The molecule has 5 nitrogen and oxygen atoms in total. The summed E-state index contributed by atoms with van der Waals surface area (Å²) in [5.41, 5.74) is 0.170. The molecule has 0 radical (unpaired) electrons. The number of aliphatic carboxylic acids is 1. The van der Waals surface area contributed by atoms with Gasteiger partial charge in [-0.3, -0.25) is 4.90 Å². The Morgan fingerprint density at radius 2 is 2.36 bits per heavy atom. The maximum absolute atomic E-state index is 10.5. The van der Waals surface area contributed by atoms with Crippen LogP contribution in [0.5, 0.6) is 0 Å². The molecule has 80 valence electrons. The zero-order valence-corrected chi connectivity index (χ0v) is 7.98. The van der Waals surface area contributed by atoms with E-state index in [4.69, 9.17) is 14.9 Å². The Hall–Kier alpha value is -0.910. The minimum atomic E-state index is -0.975. The molecule has 0 bridgehead atoms. The molecule has 0 saturated carbocycles. The lowest BCUT2D eigenvalue weighted by molar-refractivity contribution is -0.133. The molecule has 0 aromatic heterocycles. The maximum atomic E-state index is 10.5. The van der Waals surface area contributed by atoms with Gasteiger partial charge in [0.25, 0.3) is 0 Å². The molecule has 1 aliphatic rings. The van der Waals surface area contributed by atoms with Crippen LogP contribution < -0.4 is 0 Å². The van der Waals surface area contributed by atoms with E-state index in [1.165, 1.54) is 0 Å². The second-order valence-corrected chi connectivity index (χ2v) is 3.32. The van der Waals surface area contributed by atoms with Crippen LogP contribution in [0.4, 0.5) is 0 Å². The van der Waals surface area contributed by atoms with E-state index in [0.29, 0.717) is 26.2 Å². The summed E-state index contributed by atoms with van der Waals surface area (Å²) < 4.78 is 5.23. The molecule has 1 aliphatic heterocycles. The van der Waals surface area contributed by atoms with Gasteiger partial charge < -0.3 is 14.9 Å². The van der Waals surface area contributed by atoms with Crippen LogP contribution in [0, 0.1) is 0 Å².